The largest absolute Gasteiger partial charge is 0.469 e. The topological polar surface area (TPSA) is 133 Å². The number of hydrogen-bond donors (Lipinski definition) is 2. The number of amides is 1. The Morgan fingerprint density at radius 1 is 1.12 bits per heavy atom. The molecule has 0 aliphatic carbocycles. The maximum Gasteiger partial charge on any atom is 0.238 e. The molecule has 34 heavy (non-hydrogen) atoms. The number of benzene rings is 2. The number of furan rings is 1. The summed E-state index contributed by atoms with van der Waals surface area (Å²) in [7, 11) is -3.80. The highest BCUT2D eigenvalue weighted by molar-refractivity contribution is 8.00. The average Bonchev–Trinajstić information content (AvgIpc) is 3.40. The number of aryl methyl sites for hydroxylation is 1. The number of nitrogens with two attached hydrogens (primary N) is 1. The van der Waals surface area contributed by atoms with Crippen LogP contribution in [0.15, 0.2) is 81.4 Å². The number of aromatic nitrogens is 3. The lowest BCUT2D eigenvalue weighted by Gasteiger charge is -2.14. The lowest BCUT2D eigenvalue weighted by atomic mass is 10.2. The van der Waals surface area contributed by atoms with Crippen LogP contribution in [0.5, 0.6) is 0 Å². The maximum atomic E-state index is 12.8. The first kappa shape index (κ1) is 23.7. The van der Waals surface area contributed by atoms with Crippen molar-refractivity contribution >= 4 is 33.4 Å². The molecule has 11 heteroatoms. The molecule has 2 heterocycles. The summed E-state index contributed by atoms with van der Waals surface area (Å²) in [5.74, 6) is 1.12. The van der Waals surface area contributed by atoms with Crippen molar-refractivity contribution in [1.29, 1.82) is 0 Å². The van der Waals surface area contributed by atoms with Crippen molar-refractivity contribution in [3.8, 4) is 11.4 Å². The van der Waals surface area contributed by atoms with Crippen LogP contribution >= 0.6 is 11.8 Å². The molecule has 0 spiro atoms. The Morgan fingerprint density at radius 2 is 1.82 bits per heavy atom. The van der Waals surface area contributed by atoms with E-state index in [1.165, 1.54) is 36.0 Å². The Morgan fingerprint density at radius 3 is 2.44 bits per heavy atom. The Hall–Kier alpha value is -3.41. The van der Waals surface area contributed by atoms with E-state index >= 15 is 0 Å². The standard InChI is InChI=1S/C23H23N5O4S2/c1-15-20(12-13-32-15)21-26-27-23(28(21)14-17-6-4-3-5-7-17)33-16(2)22(29)25-18-8-10-19(11-9-18)34(24,30)31/h3-13,16H,14H2,1-2H3,(H,25,29)(H2,24,30,31)/t16-/m1/s1. The molecular formula is C23H23N5O4S2. The van der Waals surface area contributed by atoms with Crippen molar-refractivity contribution < 1.29 is 17.6 Å². The van der Waals surface area contributed by atoms with Gasteiger partial charge in [-0.1, -0.05) is 42.1 Å². The van der Waals surface area contributed by atoms with Crippen molar-refractivity contribution in [2.75, 3.05) is 5.32 Å². The SMILES string of the molecule is Cc1occc1-c1nnc(S[C@H](C)C(=O)Nc2ccc(S(N)(=O)=O)cc2)n1Cc1ccccc1. The van der Waals surface area contributed by atoms with Crippen LogP contribution in [0, 0.1) is 6.92 Å². The fourth-order valence-corrected chi connectivity index (χ4v) is 4.65. The van der Waals surface area contributed by atoms with Gasteiger partial charge in [0.05, 0.1) is 28.5 Å². The summed E-state index contributed by atoms with van der Waals surface area (Å²) >= 11 is 1.28. The number of sulfonamides is 1. The highest BCUT2D eigenvalue weighted by Crippen LogP contribution is 2.30. The Bertz CT molecular complexity index is 1400. The number of carbonyl (C=O) groups excluding carboxylic acids is 1. The molecule has 9 nitrogen and oxygen atoms in total. The van der Waals surface area contributed by atoms with E-state index in [-0.39, 0.29) is 10.8 Å². The normalized spacial score (nSPS) is 12.4. The monoisotopic (exact) mass is 497 g/mol. The first-order valence-electron chi connectivity index (χ1n) is 10.3. The summed E-state index contributed by atoms with van der Waals surface area (Å²) in [5, 5.41) is 16.7. The molecule has 0 saturated heterocycles. The van der Waals surface area contributed by atoms with E-state index in [0.717, 1.165) is 16.9 Å². The van der Waals surface area contributed by atoms with E-state index < -0.39 is 15.3 Å². The van der Waals surface area contributed by atoms with Crippen LogP contribution < -0.4 is 10.5 Å². The number of primary sulfonamides is 1. The molecular weight excluding hydrogens is 474 g/mol. The molecule has 0 bridgehead atoms. The van der Waals surface area contributed by atoms with E-state index in [2.05, 4.69) is 15.5 Å². The van der Waals surface area contributed by atoms with Crippen molar-refractivity contribution in [3.05, 3.63) is 78.3 Å². The lowest BCUT2D eigenvalue weighted by molar-refractivity contribution is -0.115. The second-order valence-electron chi connectivity index (χ2n) is 7.59. The van der Waals surface area contributed by atoms with Crippen molar-refractivity contribution in [1.82, 2.24) is 14.8 Å². The Kier molecular flexibility index (Phi) is 6.87. The van der Waals surface area contributed by atoms with Gasteiger partial charge >= 0.3 is 0 Å². The zero-order chi connectivity index (χ0) is 24.3. The van der Waals surface area contributed by atoms with Crippen LogP contribution in [0.1, 0.15) is 18.2 Å². The molecule has 3 N–H and O–H groups in total. The summed E-state index contributed by atoms with van der Waals surface area (Å²) < 4.78 is 30.2. The predicted molar refractivity (Wildman–Crippen MR) is 130 cm³/mol. The van der Waals surface area contributed by atoms with Gasteiger partial charge in [-0.2, -0.15) is 0 Å². The molecule has 1 amide bonds. The highest BCUT2D eigenvalue weighted by atomic mass is 32.2. The van der Waals surface area contributed by atoms with Crippen LogP contribution in [0.3, 0.4) is 0 Å². The number of thioether (sulfide) groups is 1. The lowest BCUT2D eigenvalue weighted by Crippen LogP contribution is -2.23. The van der Waals surface area contributed by atoms with Gasteiger partial charge in [-0.25, -0.2) is 13.6 Å². The number of carbonyl (C=O) groups is 1. The third-order valence-electron chi connectivity index (χ3n) is 5.10. The van der Waals surface area contributed by atoms with Gasteiger partial charge in [0.25, 0.3) is 0 Å². The smallest absolute Gasteiger partial charge is 0.238 e. The van der Waals surface area contributed by atoms with Crippen LogP contribution in [0.4, 0.5) is 5.69 Å². The molecule has 1 atom stereocenters. The minimum Gasteiger partial charge on any atom is -0.469 e. The van der Waals surface area contributed by atoms with Crippen molar-refractivity contribution in [3.63, 3.8) is 0 Å². The van der Waals surface area contributed by atoms with E-state index in [1.54, 1.807) is 13.2 Å². The quantitative estimate of drug-likeness (QED) is 0.355. The molecule has 0 unspecified atom stereocenters. The fourth-order valence-electron chi connectivity index (χ4n) is 3.28. The van der Waals surface area contributed by atoms with Gasteiger partial charge in [-0.15, -0.1) is 10.2 Å². The molecule has 0 aliphatic rings. The number of anilines is 1. The van der Waals surface area contributed by atoms with Gasteiger partial charge in [-0.3, -0.25) is 9.36 Å². The molecule has 0 radical (unpaired) electrons. The third kappa shape index (κ3) is 5.38. The van der Waals surface area contributed by atoms with Gasteiger partial charge in [0.15, 0.2) is 11.0 Å². The van der Waals surface area contributed by atoms with Crippen LogP contribution in [0.25, 0.3) is 11.4 Å². The first-order chi connectivity index (χ1) is 16.2. The predicted octanol–water partition coefficient (Wildman–Crippen LogP) is 3.66. The summed E-state index contributed by atoms with van der Waals surface area (Å²) in [6, 6.07) is 17.4. The summed E-state index contributed by atoms with van der Waals surface area (Å²) in [5.41, 5.74) is 2.37. The summed E-state index contributed by atoms with van der Waals surface area (Å²) in [6.45, 7) is 4.16. The molecule has 4 rings (SSSR count). The minimum atomic E-state index is -3.80. The van der Waals surface area contributed by atoms with E-state index in [4.69, 9.17) is 9.56 Å². The first-order valence-corrected chi connectivity index (χ1v) is 12.8. The molecule has 0 saturated carbocycles. The average molecular weight is 498 g/mol. The van der Waals surface area contributed by atoms with Gasteiger partial charge in [0.1, 0.15) is 5.76 Å². The van der Waals surface area contributed by atoms with Gasteiger partial charge in [0.2, 0.25) is 15.9 Å². The fraction of sp³-hybridized carbons (Fsp3) is 0.174. The molecule has 0 fully saturated rings. The Balaban J connectivity index is 1.55. The number of nitrogens with one attached hydrogen (secondary N) is 1. The number of nitrogens with zero attached hydrogens (tertiary/aromatic N) is 3. The van der Waals surface area contributed by atoms with Gasteiger partial charge in [0, 0.05) is 5.69 Å². The summed E-state index contributed by atoms with van der Waals surface area (Å²) in [4.78, 5) is 12.8. The molecule has 0 aliphatic heterocycles. The van der Waals surface area contributed by atoms with Crippen LogP contribution in [0.2, 0.25) is 0 Å². The molecule has 4 aromatic rings. The zero-order valence-electron chi connectivity index (χ0n) is 18.5. The van der Waals surface area contributed by atoms with Crippen LogP contribution in [-0.4, -0.2) is 34.3 Å². The minimum absolute atomic E-state index is 0.0241. The molecule has 2 aromatic heterocycles. The van der Waals surface area contributed by atoms with Crippen molar-refractivity contribution in [2.24, 2.45) is 5.14 Å². The van der Waals surface area contributed by atoms with Crippen molar-refractivity contribution in [2.45, 2.75) is 35.7 Å². The van der Waals surface area contributed by atoms with Gasteiger partial charge < -0.3 is 9.73 Å². The highest BCUT2D eigenvalue weighted by Gasteiger charge is 2.22. The van der Waals surface area contributed by atoms with E-state index in [1.807, 2.05) is 47.9 Å². The van der Waals surface area contributed by atoms with E-state index in [9.17, 15) is 13.2 Å². The van der Waals surface area contributed by atoms with E-state index in [0.29, 0.717) is 23.2 Å². The molecule has 2 aromatic carbocycles. The number of rotatable bonds is 8. The second kappa shape index (κ2) is 9.84. The zero-order valence-corrected chi connectivity index (χ0v) is 20.1. The maximum absolute atomic E-state index is 12.8. The van der Waals surface area contributed by atoms with Crippen LogP contribution in [-0.2, 0) is 21.4 Å². The number of hydrogen-bond acceptors (Lipinski definition) is 7. The second-order valence-corrected chi connectivity index (χ2v) is 10.5. The third-order valence-corrected chi connectivity index (χ3v) is 7.11. The molecule has 176 valence electrons. The van der Waals surface area contributed by atoms with Gasteiger partial charge in [-0.05, 0) is 49.7 Å². The Labute approximate surface area is 201 Å². The summed E-state index contributed by atoms with van der Waals surface area (Å²) in [6.07, 6.45) is 1.61.